The van der Waals surface area contributed by atoms with Crippen LogP contribution in [0.1, 0.15) is 22.8 Å². The Labute approximate surface area is 299 Å². The first-order chi connectivity index (χ1) is 23.9. The Kier molecular flexibility index (Phi) is 8.10. The highest BCUT2D eigenvalue weighted by Gasteiger charge is 2.70. The number of aromatic amines is 1. The molecule has 7 atom stereocenters. The molecule has 16 heteroatoms. The lowest BCUT2D eigenvalue weighted by atomic mass is 9.68. The Morgan fingerprint density at radius 1 is 1.02 bits per heavy atom. The van der Waals surface area contributed by atoms with E-state index in [1.807, 2.05) is 0 Å². The largest absolute Gasteiger partial charge is 0.497 e. The van der Waals surface area contributed by atoms with Crippen molar-refractivity contribution in [2.75, 3.05) is 23.9 Å². The molecule has 3 heterocycles. The molecule has 0 spiro atoms. The number of hydrogen-bond donors (Lipinski definition) is 3. The zero-order valence-electron chi connectivity index (χ0n) is 26.2. The minimum absolute atomic E-state index is 0.0630. The van der Waals surface area contributed by atoms with Crippen LogP contribution in [0.3, 0.4) is 0 Å². The Morgan fingerprint density at radius 3 is 2.40 bits per heavy atom. The van der Waals surface area contributed by atoms with Crippen molar-refractivity contribution < 1.29 is 32.3 Å². The second-order valence-electron chi connectivity index (χ2n) is 12.8. The number of nitrogens with zero attached hydrogens (tertiary/aromatic N) is 1. The molecule has 0 unspecified atom stereocenters. The normalized spacial score (nSPS) is 26.4. The summed E-state index contributed by atoms with van der Waals surface area (Å²) in [5.41, 5.74) is 1.55. The van der Waals surface area contributed by atoms with Crippen molar-refractivity contribution in [3.05, 3.63) is 91.9 Å². The zero-order valence-corrected chi connectivity index (χ0v) is 29.4. The van der Waals surface area contributed by atoms with Gasteiger partial charge in [0.05, 0.1) is 34.6 Å². The smallest absolute Gasteiger partial charge is 0.305 e. The number of sulfonamides is 1. The quantitative estimate of drug-likeness (QED) is 0.220. The number of halogens is 1. The van der Waals surface area contributed by atoms with Gasteiger partial charge in [0, 0.05) is 32.3 Å². The number of hydrogen-bond acceptors (Lipinski definition) is 10. The first kappa shape index (κ1) is 33.0. The maximum atomic E-state index is 14.1. The lowest BCUT2D eigenvalue weighted by Crippen LogP contribution is -2.42. The van der Waals surface area contributed by atoms with E-state index in [0.717, 1.165) is 21.2 Å². The molecular formula is C34H29ClN4O8S3. The number of ether oxygens (including phenoxy) is 2. The summed E-state index contributed by atoms with van der Waals surface area (Å²) in [6.07, 6.45) is 0.699. The Hall–Kier alpha value is -4.15. The molecule has 2 saturated carbocycles. The Balaban J connectivity index is 1.10. The van der Waals surface area contributed by atoms with E-state index in [-0.39, 0.29) is 51.2 Å². The zero-order chi connectivity index (χ0) is 35.1. The Bertz CT molecular complexity index is 2220. The number of thioether (sulfide) groups is 1. The van der Waals surface area contributed by atoms with Crippen LogP contribution in [0.4, 0.5) is 11.4 Å². The molecule has 3 fully saturated rings. The van der Waals surface area contributed by atoms with Crippen molar-refractivity contribution in [2.24, 2.45) is 34.7 Å². The van der Waals surface area contributed by atoms with Gasteiger partial charge in [0.15, 0.2) is 6.61 Å². The summed E-state index contributed by atoms with van der Waals surface area (Å²) in [6, 6.07) is 17.4. The molecule has 50 heavy (non-hydrogen) atoms. The van der Waals surface area contributed by atoms with Gasteiger partial charge in [-0.2, -0.15) is 0 Å². The number of amides is 3. The van der Waals surface area contributed by atoms with Gasteiger partial charge in [0.2, 0.25) is 21.8 Å². The van der Waals surface area contributed by atoms with Crippen molar-refractivity contribution in [2.45, 2.75) is 27.5 Å². The molecule has 4 aromatic rings. The molecule has 2 bridgehead atoms. The number of H-pyrrole nitrogens is 1. The van der Waals surface area contributed by atoms with E-state index < -0.39 is 33.7 Å². The molecule has 3 amide bonds. The summed E-state index contributed by atoms with van der Waals surface area (Å²) in [7, 11) is -2.33. The molecule has 1 aromatic heterocycles. The maximum absolute atomic E-state index is 14.1. The van der Waals surface area contributed by atoms with Crippen LogP contribution in [0.25, 0.3) is 0 Å². The number of imide groups is 1. The number of anilines is 2. The number of methoxy groups -OCH3 is 1. The van der Waals surface area contributed by atoms with Crippen LogP contribution in [0.15, 0.2) is 81.4 Å². The van der Waals surface area contributed by atoms with E-state index in [1.54, 1.807) is 61.3 Å². The molecule has 2 aliphatic carbocycles. The van der Waals surface area contributed by atoms with Crippen LogP contribution in [0.5, 0.6) is 11.5 Å². The van der Waals surface area contributed by atoms with Crippen molar-refractivity contribution in [3.8, 4) is 11.5 Å². The molecule has 3 aromatic carbocycles. The average molecular weight is 753 g/mol. The summed E-state index contributed by atoms with van der Waals surface area (Å²) in [6.45, 7) is -0.377. The molecular weight excluding hydrogens is 724 g/mol. The molecule has 8 rings (SSSR count). The molecule has 4 N–H and O–H groups in total. The summed E-state index contributed by atoms with van der Waals surface area (Å²) in [4.78, 5) is 58.6. The molecule has 1 saturated heterocycles. The predicted molar refractivity (Wildman–Crippen MR) is 187 cm³/mol. The highest BCUT2D eigenvalue weighted by atomic mass is 35.5. The first-order valence-electron chi connectivity index (χ1n) is 15.7. The maximum Gasteiger partial charge on any atom is 0.305 e. The van der Waals surface area contributed by atoms with E-state index in [9.17, 15) is 27.6 Å². The van der Waals surface area contributed by atoms with Crippen molar-refractivity contribution in [1.29, 1.82) is 0 Å². The van der Waals surface area contributed by atoms with Gasteiger partial charge in [-0.3, -0.25) is 24.1 Å². The minimum atomic E-state index is -3.88. The topological polar surface area (TPSA) is 178 Å². The van der Waals surface area contributed by atoms with Gasteiger partial charge in [-0.1, -0.05) is 22.9 Å². The number of fused-ring (bicyclic) bond motifs is 9. The predicted octanol–water partition coefficient (Wildman–Crippen LogP) is 4.44. The molecule has 0 radical (unpaired) electrons. The van der Waals surface area contributed by atoms with E-state index in [0.29, 0.717) is 39.9 Å². The molecule has 258 valence electrons. The van der Waals surface area contributed by atoms with Gasteiger partial charge in [-0.05, 0) is 90.9 Å². The minimum Gasteiger partial charge on any atom is -0.497 e. The molecule has 12 nitrogen and oxygen atoms in total. The van der Waals surface area contributed by atoms with Crippen molar-refractivity contribution in [3.63, 3.8) is 0 Å². The fraction of sp³-hybridized carbons (Fsp3) is 0.294. The van der Waals surface area contributed by atoms with Gasteiger partial charge >= 0.3 is 4.87 Å². The van der Waals surface area contributed by atoms with Crippen LogP contribution >= 0.6 is 34.7 Å². The standard InChI is InChI=1S/C34H29ClN4O8S3/c1-46-18-7-5-17(6-8-18)39-32(41)27-21-13-22(28(27)33(39)42)29-26(21)25(30-31(48-29)38-34(43)49-30)20-12-15(35)2-11-23(20)47-14-24(40)37-16-3-9-19(10-4-16)50(36,44)45/h2-12,21-22,25-29H,13-14H2,1H3,(H,37,40)(H,38,43)(H2,36,44,45)/t21-,22-,25+,26-,27+,28+,29-/m1/s1. The molecule has 4 aliphatic rings. The summed E-state index contributed by atoms with van der Waals surface area (Å²) in [5, 5.41) is 8.95. The van der Waals surface area contributed by atoms with Gasteiger partial charge in [0.1, 0.15) is 11.5 Å². The van der Waals surface area contributed by atoms with E-state index in [2.05, 4.69) is 10.3 Å². The van der Waals surface area contributed by atoms with Crippen LogP contribution < -0.4 is 29.7 Å². The first-order valence-corrected chi connectivity index (χ1v) is 19.3. The number of benzene rings is 3. The monoisotopic (exact) mass is 752 g/mol. The number of rotatable bonds is 8. The van der Waals surface area contributed by atoms with Crippen molar-refractivity contribution >= 4 is 73.8 Å². The number of primary sulfonamides is 1. The summed E-state index contributed by atoms with van der Waals surface area (Å²) < 4.78 is 34.5. The third-order valence-corrected chi connectivity index (χ3v) is 13.9. The second kappa shape index (κ2) is 12.3. The SMILES string of the molecule is COc1ccc(N2C(=O)[C@H]3[C@H]4C[C@@H]([C@@H]3C2=O)[C@@H]2[C@H](c3cc(Cl)ccc3OCC(=O)Nc3ccc(S(N)(=O)=O)cc3)c3sc(=O)[nH]c3S[C@H]42)cc1. The van der Waals surface area contributed by atoms with Gasteiger partial charge in [-0.25, -0.2) is 13.6 Å². The van der Waals surface area contributed by atoms with Gasteiger partial charge in [-0.15, -0.1) is 11.8 Å². The highest BCUT2D eigenvalue weighted by Crippen LogP contribution is 2.69. The van der Waals surface area contributed by atoms with Crippen molar-refractivity contribution in [1.82, 2.24) is 4.98 Å². The van der Waals surface area contributed by atoms with E-state index in [4.69, 9.17) is 26.2 Å². The third-order valence-electron chi connectivity index (χ3n) is 10.2. The number of carbonyl (C=O) groups excluding carboxylic acids is 3. The number of carbonyl (C=O) groups is 3. The van der Waals surface area contributed by atoms with Crippen LogP contribution in [-0.4, -0.2) is 50.1 Å². The fourth-order valence-corrected chi connectivity index (χ4v) is 11.9. The van der Waals surface area contributed by atoms with Gasteiger partial charge in [0.25, 0.3) is 5.91 Å². The molecule has 2 aliphatic heterocycles. The number of thiazole rings is 1. The van der Waals surface area contributed by atoms with E-state index >= 15 is 0 Å². The summed E-state index contributed by atoms with van der Waals surface area (Å²) >= 11 is 9.25. The average Bonchev–Trinajstić information content (AvgIpc) is 3.82. The lowest BCUT2D eigenvalue weighted by molar-refractivity contribution is -0.123. The van der Waals surface area contributed by atoms with E-state index in [1.165, 1.54) is 29.2 Å². The second-order valence-corrected chi connectivity index (χ2v) is 17.0. The van der Waals surface area contributed by atoms with Gasteiger partial charge < -0.3 is 19.8 Å². The number of nitrogens with two attached hydrogens (primary N) is 1. The van der Waals surface area contributed by atoms with Crippen LogP contribution in [0.2, 0.25) is 5.02 Å². The highest BCUT2D eigenvalue weighted by molar-refractivity contribution is 8.00. The van der Waals surface area contributed by atoms with Crippen LogP contribution in [-0.2, 0) is 24.4 Å². The summed E-state index contributed by atoms with van der Waals surface area (Å²) in [5.74, 6) is -1.61. The third kappa shape index (κ3) is 5.42. The fourth-order valence-electron chi connectivity index (χ4n) is 8.31. The Morgan fingerprint density at radius 2 is 1.72 bits per heavy atom. The number of nitrogens with one attached hydrogen (secondary N) is 2. The van der Waals surface area contributed by atoms with Crippen LogP contribution in [0, 0.1) is 29.6 Å². The lowest BCUT2D eigenvalue weighted by Gasteiger charge is -2.43. The number of aromatic nitrogens is 1.